The lowest BCUT2D eigenvalue weighted by Gasteiger charge is -2.15. The highest BCUT2D eigenvalue weighted by Gasteiger charge is 2.15. The first kappa shape index (κ1) is 27.2. The van der Waals surface area contributed by atoms with Gasteiger partial charge >= 0.3 is 5.97 Å². The van der Waals surface area contributed by atoms with Crippen molar-refractivity contribution in [2.24, 2.45) is 5.10 Å². The van der Waals surface area contributed by atoms with Crippen LogP contribution in [0.25, 0.3) is 39.5 Å². The molecule has 7 nitrogen and oxygen atoms in total. The van der Waals surface area contributed by atoms with Crippen LogP contribution >= 0.6 is 0 Å². The molecular formula is C36H27N3O4. The first-order chi connectivity index (χ1) is 21.0. The van der Waals surface area contributed by atoms with E-state index in [0.717, 1.165) is 28.2 Å². The number of hydrazone groups is 1. The normalized spacial score (nSPS) is 11.1. The molecule has 0 spiro atoms. The zero-order valence-electron chi connectivity index (χ0n) is 23.3. The maximum absolute atomic E-state index is 12.9. The number of carbonyl (C=O) groups is 2. The number of aromatic nitrogens is 1. The summed E-state index contributed by atoms with van der Waals surface area (Å²) in [7, 11) is 0. The standard InChI is InChI=1S/C36H27N3O4/c1-24-12-13-28(22-31(24)36(41)42)34-21-18-30(43-34)23-37-38-35(40)27-14-16-29(17-15-27)39-32(25-8-4-2-5-9-25)19-20-33(39)26-10-6-3-7-11-26/h2-23H,1H3,(H,38,40)(H,41,42)/b37-23-. The Balaban J connectivity index is 1.19. The van der Waals surface area contributed by atoms with Gasteiger partial charge in [0.15, 0.2) is 0 Å². The third-order valence-electron chi connectivity index (χ3n) is 7.14. The molecule has 0 aliphatic rings. The molecule has 6 aromatic rings. The number of carboxylic acid groups (broad SMARTS) is 1. The molecule has 0 aliphatic heterocycles. The van der Waals surface area contributed by atoms with Crippen LogP contribution < -0.4 is 5.43 Å². The third-order valence-corrected chi connectivity index (χ3v) is 7.14. The minimum absolute atomic E-state index is 0.215. The zero-order chi connectivity index (χ0) is 29.8. The fourth-order valence-electron chi connectivity index (χ4n) is 4.95. The van der Waals surface area contributed by atoms with Gasteiger partial charge in [-0.25, -0.2) is 10.2 Å². The van der Waals surface area contributed by atoms with Gasteiger partial charge in [-0.1, -0.05) is 72.8 Å². The molecule has 2 aromatic heterocycles. The summed E-state index contributed by atoms with van der Waals surface area (Å²) in [6.07, 6.45) is 1.40. The first-order valence-electron chi connectivity index (χ1n) is 13.7. The Morgan fingerprint density at radius 3 is 1.98 bits per heavy atom. The van der Waals surface area contributed by atoms with Crippen LogP contribution in [0.2, 0.25) is 0 Å². The number of furan rings is 1. The van der Waals surface area contributed by atoms with Crippen molar-refractivity contribution in [2.45, 2.75) is 6.92 Å². The van der Waals surface area contributed by atoms with Crippen LogP contribution in [-0.4, -0.2) is 27.8 Å². The fraction of sp³-hybridized carbons (Fsp3) is 0.0278. The number of amides is 1. The molecule has 43 heavy (non-hydrogen) atoms. The minimum Gasteiger partial charge on any atom is -0.478 e. The lowest BCUT2D eigenvalue weighted by Crippen LogP contribution is -2.17. The molecular weight excluding hydrogens is 538 g/mol. The third kappa shape index (κ3) is 5.78. The van der Waals surface area contributed by atoms with Crippen LogP contribution in [0.15, 0.2) is 137 Å². The molecule has 2 N–H and O–H groups in total. The van der Waals surface area contributed by atoms with Crippen molar-refractivity contribution in [1.29, 1.82) is 0 Å². The average molecular weight is 566 g/mol. The van der Waals surface area contributed by atoms with Gasteiger partial charge in [0.1, 0.15) is 11.5 Å². The van der Waals surface area contributed by atoms with E-state index in [1.807, 2.05) is 48.5 Å². The number of nitrogens with zero attached hydrogens (tertiary/aromatic N) is 2. The molecule has 0 bridgehead atoms. The van der Waals surface area contributed by atoms with E-state index in [4.69, 9.17) is 4.42 Å². The van der Waals surface area contributed by atoms with Crippen molar-refractivity contribution >= 4 is 18.1 Å². The van der Waals surface area contributed by atoms with E-state index < -0.39 is 5.97 Å². The SMILES string of the molecule is Cc1ccc(-c2ccc(/C=N\NC(=O)c3ccc(-n4c(-c5ccccc5)ccc4-c4ccccc4)cc3)o2)cc1C(=O)O. The van der Waals surface area contributed by atoms with Gasteiger partial charge in [-0.05, 0) is 78.2 Å². The highest BCUT2D eigenvalue weighted by Crippen LogP contribution is 2.32. The second-order valence-electron chi connectivity index (χ2n) is 9.95. The van der Waals surface area contributed by atoms with Crippen LogP contribution in [0.4, 0.5) is 0 Å². The zero-order valence-corrected chi connectivity index (χ0v) is 23.3. The smallest absolute Gasteiger partial charge is 0.335 e. The molecule has 0 fully saturated rings. The van der Waals surface area contributed by atoms with Gasteiger partial charge in [-0.2, -0.15) is 5.10 Å². The quantitative estimate of drug-likeness (QED) is 0.145. The fourth-order valence-corrected chi connectivity index (χ4v) is 4.95. The summed E-state index contributed by atoms with van der Waals surface area (Å²) >= 11 is 0. The summed E-state index contributed by atoms with van der Waals surface area (Å²) in [6, 6.07) is 40.5. The molecule has 0 saturated heterocycles. The summed E-state index contributed by atoms with van der Waals surface area (Å²) in [5, 5.41) is 13.4. The molecule has 210 valence electrons. The number of hydrogen-bond donors (Lipinski definition) is 2. The highest BCUT2D eigenvalue weighted by molar-refractivity contribution is 5.95. The molecule has 0 aliphatic carbocycles. The van der Waals surface area contributed by atoms with Crippen LogP contribution in [-0.2, 0) is 0 Å². The van der Waals surface area contributed by atoms with Gasteiger partial charge in [0.2, 0.25) is 0 Å². The molecule has 1 amide bonds. The van der Waals surface area contributed by atoms with Crippen LogP contribution in [0, 0.1) is 6.92 Å². The molecule has 0 radical (unpaired) electrons. The summed E-state index contributed by atoms with van der Waals surface area (Å²) in [6.45, 7) is 1.74. The average Bonchev–Trinajstić information content (AvgIpc) is 3.70. The number of nitrogens with one attached hydrogen (secondary N) is 1. The van der Waals surface area contributed by atoms with Gasteiger partial charge in [0, 0.05) is 16.8 Å². The predicted octanol–water partition coefficient (Wildman–Crippen LogP) is 7.84. The largest absolute Gasteiger partial charge is 0.478 e. The molecule has 7 heteroatoms. The van der Waals surface area contributed by atoms with E-state index >= 15 is 0 Å². The van der Waals surface area contributed by atoms with E-state index in [9.17, 15) is 14.7 Å². The van der Waals surface area contributed by atoms with Crippen molar-refractivity contribution in [2.75, 3.05) is 0 Å². The van der Waals surface area contributed by atoms with Gasteiger partial charge in [0.25, 0.3) is 5.91 Å². The monoisotopic (exact) mass is 565 g/mol. The lowest BCUT2D eigenvalue weighted by molar-refractivity contribution is 0.0696. The molecule has 2 heterocycles. The number of aryl methyl sites for hydroxylation is 1. The maximum atomic E-state index is 12.9. The Hall–Kier alpha value is -5.95. The Kier molecular flexibility index (Phi) is 7.53. The van der Waals surface area contributed by atoms with Crippen molar-refractivity contribution in [3.05, 3.63) is 150 Å². The Labute approximate surface area is 248 Å². The van der Waals surface area contributed by atoms with Crippen molar-refractivity contribution in [3.8, 4) is 39.5 Å². The molecule has 4 aromatic carbocycles. The second-order valence-corrected chi connectivity index (χ2v) is 9.95. The van der Waals surface area contributed by atoms with Crippen molar-refractivity contribution in [3.63, 3.8) is 0 Å². The number of carbonyl (C=O) groups excluding carboxylic acids is 1. The van der Waals surface area contributed by atoms with Crippen LogP contribution in [0.3, 0.4) is 0 Å². The summed E-state index contributed by atoms with van der Waals surface area (Å²) in [4.78, 5) is 24.3. The van der Waals surface area contributed by atoms with Gasteiger partial charge in [0.05, 0.1) is 23.2 Å². The molecule has 0 unspecified atom stereocenters. The van der Waals surface area contributed by atoms with Crippen LogP contribution in [0.1, 0.15) is 32.0 Å². The second kappa shape index (κ2) is 11.9. The van der Waals surface area contributed by atoms with Gasteiger partial charge < -0.3 is 14.1 Å². The number of carboxylic acids is 1. The first-order valence-corrected chi connectivity index (χ1v) is 13.7. The molecule has 6 rings (SSSR count). The van der Waals surface area contributed by atoms with Crippen molar-refractivity contribution in [1.82, 2.24) is 9.99 Å². The number of aromatic carboxylic acids is 1. The highest BCUT2D eigenvalue weighted by atomic mass is 16.4. The van der Waals surface area contributed by atoms with E-state index in [1.54, 1.807) is 49.4 Å². The van der Waals surface area contributed by atoms with E-state index in [2.05, 4.69) is 51.5 Å². The number of rotatable bonds is 8. The number of hydrogen-bond acceptors (Lipinski definition) is 4. The van der Waals surface area contributed by atoms with Crippen molar-refractivity contribution < 1.29 is 19.1 Å². The van der Waals surface area contributed by atoms with Crippen LogP contribution in [0.5, 0.6) is 0 Å². The molecule has 0 atom stereocenters. The Morgan fingerprint density at radius 2 is 1.37 bits per heavy atom. The molecule has 0 saturated carbocycles. The minimum atomic E-state index is -0.995. The topological polar surface area (TPSA) is 96.8 Å². The predicted molar refractivity (Wildman–Crippen MR) is 168 cm³/mol. The van der Waals surface area contributed by atoms with E-state index in [0.29, 0.717) is 28.2 Å². The maximum Gasteiger partial charge on any atom is 0.335 e. The van der Waals surface area contributed by atoms with E-state index in [1.165, 1.54) is 6.21 Å². The van der Waals surface area contributed by atoms with Gasteiger partial charge in [-0.3, -0.25) is 4.79 Å². The summed E-state index contributed by atoms with van der Waals surface area (Å²) in [5.74, 6) is -0.443. The van der Waals surface area contributed by atoms with Gasteiger partial charge in [-0.15, -0.1) is 0 Å². The number of benzene rings is 4. The summed E-state index contributed by atoms with van der Waals surface area (Å²) in [5.41, 5.74) is 9.71. The Bertz CT molecular complexity index is 1880. The lowest BCUT2D eigenvalue weighted by atomic mass is 10.0. The van der Waals surface area contributed by atoms with E-state index in [-0.39, 0.29) is 11.5 Å². The Morgan fingerprint density at radius 1 is 0.744 bits per heavy atom. The summed E-state index contributed by atoms with van der Waals surface area (Å²) < 4.78 is 7.97.